The van der Waals surface area contributed by atoms with Gasteiger partial charge >= 0.3 is 0 Å². The fraction of sp³-hybridized carbons (Fsp3) is 0.250. The molecule has 27 heavy (non-hydrogen) atoms. The van der Waals surface area contributed by atoms with Gasteiger partial charge in [-0.25, -0.2) is 0 Å². The Bertz CT molecular complexity index is 990. The third-order valence-electron chi connectivity index (χ3n) is 5.18. The quantitative estimate of drug-likeness (QED) is 0.694. The van der Waals surface area contributed by atoms with Crippen LogP contribution in [0.3, 0.4) is 0 Å². The zero-order chi connectivity index (χ0) is 18.4. The van der Waals surface area contributed by atoms with Crippen molar-refractivity contribution in [2.45, 2.75) is 25.0 Å². The van der Waals surface area contributed by atoms with Gasteiger partial charge in [0.2, 0.25) is 17.7 Å². The van der Waals surface area contributed by atoms with Gasteiger partial charge in [-0.05, 0) is 36.8 Å². The van der Waals surface area contributed by atoms with Gasteiger partial charge in [0.1, 0.15) is 0 Å². The molecule has 6 nitrogen and oxygen atoms in total. The Labute approximate surface area is 161 Å². The van der Waals surface area contributed by atoms with E-state index in [1.807, 2.05) is 59.5 Å². The molecule has 0 spiro atoms. The van der Waals surface area contributed by atoms with Crippen molar-refractivity contribution in [3.05, 3.63) is 65.5 Å². The van der Waals surface area contributed by atoms with Gasteiger partial charge in [0.15, 0.2) is 0 Å². The molecule has 7 heteroatoms. The third kappa shape index (κ3) is 2.91. The smallest absolute Gasteiger partial charge is 0.247 e. The largest absolute Gasteiger partial charge is 0.419 e. The summed E-state index contributed by atoms with van der Waals surface area (Å²) in [4.78, 5) is 16.9. The van der Waals surface area contributed by atoms with E-state index in [1.165, 1.54) is 0 Å². The van der Waals surface area contributed by atoms with Crippen LogP contribution in [-0.4, -0.2) is 39.6 Å². The normalized spacial score (nSPS) is 22.0. The summed E-state index contributed by atoms with van der Waals surface area (Å²) in [6, 6.07) is 17.1. The standard InChI is InChI=1S/C20H17ClN4O2/c21-14-7-4-8-15(9-14)25-16-10-17(20(25)26)24(11-16)12-18-22-23-19(27-18)13-5-2-1-3-6-13/h1-9,16-17H,10-12H2/t16-,17-/m0/s1. The zero-order valence-corrected chi connectivity index (χ0v) is 15.2. The molecule has 0 saturated carbocycles. The summed E-state index contributed by atoms with van der Waals surface area (Å²) >= 11 is 6.09. The first-order valence-electron chi connectivity index (χ1n) is 8.89. The summed E-state index contributed by atoms with van der Waals surface area (Å²) in [7, 11) is 0. The van der Waals surface area contributed by atoms with Crippen LogP contribution >= 0.6 is 11.6 Å². The monoisotopic (exact) mass is 380 g/mol. The number of hydrogen-bond donors (Lipinski definition) is 0. The number of fused-ring (bicyclic) bond motifs is 2. The first-order valence-corrected chi connectivity index (χ1v) is 9.27. The number of aromatic nitrogens is 2. The summed E-state index contributed by atoms with van der Waals surface area (Å²) in [6.07, 6.45) is 0.811. The lowest BCUT2D eigenvalue weighted by Gasteiger charge is -2.33. The number of carbonyl (C=O) groups is 1. The predicted octanol–water partition coefficient (Wildman–Crippen LogP) is 3.38. The molecule has 2 bridgehead atoms. The van der Waals surface area contributed by atoms with Crippen molar-refractivity contribution in [3.8, 4) is 11.5 Å². The van der Waals surface area contributed by atoms with Crippen LogP contribution in [0.2, 0.25) is 5.02 Å². The van der Waals surface area contributed by atoms with Gasteiger partial charge in [-0.1, -0.05) is 35.9 Å². The van der Waals surface area contributed by atoms with E-state index in [1.54, 1.807) is 0 Å². The van der Waals surface area contributed by atoms with Gasteiger partial charge in [-0.2, -0.15) is 0 Å². The second-order valence-electron chi connectivity index (χ2n) is 6.89. The van der Waals surface area contributed by atoms with Crippen LogP contribution < -0.4 is 4.90 Å². The van der Waals surface area contributed by atoms with Crippen molar-refractivity contribution in [2.75, 3.05) is 11.4 Å². The molecule has 0 unspecified atom stereocenters. The molecule has 2 aromatic carbocycles. The van der Waals surface area contributed by atoms with E-state index in [0.29, 0.717) is 23.3 Å². The lowest BCUT2D eigenvalue weighted by molar-refractivity contribution is -0.122. The number of benzene rings is 2. The average molecular weight is 381 g/mol. The molecule has 5 rings (SSSR count). The number of nitrogens with zero attached hydrogens (tertiary/aromatic N) is 4. The first kappa shape index (κ1) is 16.5. The first-order chi connectivity index (χ1) is 13.2. The highest BCUT2D eigenvalue weighted by molar-refractivity contribution is 6.31. The van der Waals surface area contributed by atoms with Gasteiger partial charge in [-0.3, -0.25) is 9.69 Å². The van der Waals surface area contributed by atoms with Crippen LogP contribution in [0.15, 0.2) is 59.0 Å². The molecule has 2 fully saturated rings. The van der Waals surface area contributed by atoms with E-state index in [9.17, 15) is 4.79 Å². The van der Waals surface area contributed by atoms with Crippen LogP contribution in [0.4, 0.5) is 5.69 Å². The summed E-state index contributed by atoms with van der Waals surface area (Å²) < 4.78 is 5.80. The molecule has 2 aliphatic rings. The minimum atomic E-state index is -0.152. The lowest BCUT2D eigenvalue weighted by Crippen LogP contribution is -2.50. The second-order valence-corrected chi connectivity index (χ2v) is 7.33. The molecular formula is C20H17ClN4O2. The maximum absolute atomic E-state index is 12.9. The van der Waals surface area contributed by atoms with Crippen LogP contribution in [0.5, 0.6) is 0 Å². The van der Waals surface area contributed by atoms with Crippen molar-refractivity contribution in [3.63, 3.8) is 0 Å². The highest BCUT2D eigenvalue weighted by atomic mass is 35.5. The maximum Gasteiger partial charge on any atom is 0.247 e. The number of anilines is 1. The number of rotatable bonds is 4. The molecule has 1 aromatic heterocycles. The molecule has 2 aliphatic heterocycles. The van der Waals surface area contributed by atoms with Crippen molar-refractivity contribution in [1.82, 2.24) is 15.1 Å². The fourth-order valence-corrected chi connectivity index (χ4v) is 4.18. The molecule has 3 heterocycles. The molecule has 1 amide bonds. The summed E-state index contributed by atoms with van der Waals surface area (Å²) in [6.45, 7) is 1.27. The van der Waals surface area contributed by atoms with Crippen molar-refractivity contribution in [1.29, 1.82) is 0 Å². The number of likely N-dealkylation sites (tertiary alicyclic amines) is 1. The molecule has 136 valence electrons. The molecule has 3 aromatic rings. The van der Waals surface area contributed by atoms with E-state index in [-0.39, 0.29) is 18.0 Å². The van der Waals surface area contributed by atoms with E-state index in [4.69, 9.17) is 16.0 Å². The van der Waals surface area contributed by atoms with Crippen LogP contribution in [-0.2, 0) is 11.3 Å². The Morgan fingerprint density at radius 2 is 1.96 bits per heavy atom. The molecule has 0 N–H and O–H groups in total. The average Bonchev–Trinajstić information content (AvgIpc) is 3.37. The summed E-state index contributed by atoms with van der Waals surface area (Å²) in [5, 5.41) is 8.92. The van der Waals surface area contributed by atoms with E-state index >= 15 is 0 Å². The molecule has 0 aliphatic carbocycles. The van der Waals surface area contributed by atoms with E-state index in [0.717, 1.165) is 24.2 Å². The zero-order valence-electron chi connectivity index (χ0n) is 14.5. The number of halogens is 1. The topological polar surface area (TPSA) is 62.5 Å². The minimum absolute atomic E-state index is 0.108. The number of carbonyl (C=O) groups excluding carboxylic acids is 1. The summed E-state index contributed by atoms with van der Waals surface area (Å²) in [5.41, 5.74) is 1.76. The van der Waals surface area contributed by atoms with Crippen molar-refractivity contribution >= 4 is 23.2 Å². The van der Waals surface area contributed by atoms with E-state index < -0.39 is 0 Å². The highest BCUT2D eigenvalue weighted by Gasteiger charge is 2.50. The fourth-order valence-electron chi connectivity index (χ4n) is 3.99. The van der Waals surface area contributed by atoms with Gasteiger partial charge in [0, 0.05) is 22.8 Å². The SMILES string of the molecule is O=C1[C@@H]2C[C@@H](CN2Cc2nnc(-c3ccccc3)o2)N1c1cccc(Cl)c1. The Morgan fingerprint density at radius 3 is 2.74 bits per heavy atom. The number of hydrogen-bond acceptors (Lipinski definition) is 5. The lowest BCUT2D eigenvalue weighted by atomic mass is 10.2. The van der Waals surface area contributed by atoms with Gasteiger partial charge < -0.3 is 9.32 Å². The Kier molecular flexibility index (Phi) is 3.95. The maximum atomic E-state index is 12.9. The Hall–Kier alpha value is -2.70. The Morgan fingerprint density at radius 1 is 1.11 bits per heavy atom. The van der Waals surface area contributed by atoms with Gasteiger partial charge in [0.05, 0.1) is 18.6 Å². The summed E-state index contributed by atoms with van der Waals surface area (Å²) in [5.74, 6) is 1.14. The molecule has 2 saturated heterocycles. The second kappa shape index (κ2) is 6.48. The molecular weight excluding hydrogens is 364 g/mol. The Balaban J connectivity index is 1.31. The van der Waals surface area contributed by atoms with Gasteiger partial charge in [0.25, 0.3) is 0 Å². The predicted molar refractivity (Wildman–Crippen MR) is 101 cm³/mol. The number of piperazine rings is 1. The van der Waals surface area contributed by atoms with Crippen LogP contribution in [0.1, 0.15) is 12.3 Å². The van der Waals surface area contributed by atoms with Crippen LogP contribution in [0.25, 0.3) is 11.5 Å². The highest BCUT2D eigenvalue weighted by Crippen LogP contribution is 2.37. The van der Waals surface area contributed by atoms with E-state index in [2.05, 4.69) is 15.1 Å². The van der Waals surface area contributed by atoms with Gasteiger partial charge in [-0.15, -0.1) is 10.2 Å². The third-order valence-corrected chi connectivity index (χ3v) is 5.42. The molecule has 2 atom stereocenters. The van der Waals surface area contributed by atoms with Crippen molar-refractivity contribution in [2.24, 2.45) is 0 Å². The number of amides is 1. The minimum Gasteiger partial charge on any atom is -0.419 e. The molecule has 0 radical (unpaired) electrons. The van der Waals surface area contributed by atoms with Crippen LogP contribution in [0, 0.1) is 0 Å². The van der Waals surface area contributed by atoms with Crippen molar-refractivity contribution < 1.29 is 9.21 Å².